The van der Waals surface area contributed by atoms with Gasteiger partial charge in [-0.1, -0.05) is 245 Å². The monoisotopic (exact) mass is 952 g/mol. The lowest BCUT2D eigenvalue weighted by Gasteiger charge is -2.41. The summed E-state index contributed by atoms with van der Waals surface area (Å²) in [5.74, 6) is -0.663. The normalized spacial score (nSPS) is 20.5. The van der Waals surface area contributed by atoms with E-state index >= 15 is 0 Å². The molecule has 1 saturated heterocycles. The summed E-state index contributed by atoms with van der Waals surface area (Å²) in [5.41, 5.74) is 0. The van der Waals surface area contributed by atoms with E-state index in [9.17, 15) is 43.3 Å². The molecule has 8 atom stereocenters. The number of aliphatic hydroxyl groups excluding tert-OH is 5. The van der Waals surface area contributed by atoms with Gasteiger partial charge in [-0.3, -0.25) is 9.35 Å². The number of hydrogen-bond donors (Lipinski definition) is 7. The van der Waals surface area contributed by atoms with E-state index in [1.54, 1.807) is 0 Å². The molecule has 7 N–H and O–H groups in total. The third-order valence-electron chi connectivity index (χ3n) is 13.3. The summed E-state index contributed by atoms with van der Waals surface area (Å²) < 4.78 is 47.7. The van der Waals surface area contributed by atoms with Gasteiger partial charge < -0.3 is 40.3 Å². The summed E-state index contributed by atoms with van der Waals surface area (Å²) in [6, 6.07) is -1.03. The fourth-order valence-corrected chi connectivity index (χ4v) is 9.51. The lowest BCUT2D eigenvalue weighted by molar-refractivity contribution is -0.298. The van der Waals surface area contributed by atoms with Gasteiger partial charge in [0.25, 0.3) is 0 Å². The minimum Gasteiger partial charge on any atom is -0.394 e. The molecule has 1 heterocycles. The summed E-state index contributed by atoms with van der Waals surface area (Å²) in [6.45, 7) is 3.32. The Kier molecular flexibility index (Phi) is 40.1. The van der Waals surface area contributed by atoms with Gasteiger partial charge in [0.05, 0.1) is 25.4 Å². The Hall–Kier alpha value is -0.940. The molecule has 0 radical (unpaired) electrons. The second kappa shape index (κ2) is 42.0. The smallest absolute Gasteiger partial charge is 0.394 e. The molecule has 0 bridgehead atoms. The van der Waals surface area contributed by atoms with E-state index in [0.29, 0.717) is 19.3 Å². The first-order valence-electron chi connectivity index (χ1n) is 27.0. The molecule has 388 valence electrons. The first-order valence-corrected chi connectivity index (χ1v) is 28.4. The Labute approximate surface area is 397 Å². The molecular weight excluding hydrogens is 851 g/mol. The van der Waals surface area contributed by atoms with E-state index in [2.05, 4.69) is 23.3 Å². The Balaban J connectivity index is 2.45. The van der Waals surface area contributed by atoms with E-state index in [0.717, 1.165) is 38.5 Å². The number of rotatable bonds is 47. The van der Waals surface area contributed by atoms with Gasteiger partial charge in [0, 0.05) is 0 Å². The maximum absolute atomic E-state index is 13.2. The molecule has 1 amide bonds. The fraction of sp³-hybridized carbons (Fsp3) is 0.980. The average molecular weight is 952 g/mol. The molecule has 0 aromatic carbocycles. The van der Waals surface area contributed by atoms with Crippen molar-refractivity contribution >= 4 is 16.3 Å². The molecule has 0 aromatic heterocycles. The molecule has 1 aliphatic heterocycles. The second-order valence-electron chi connectivity index (χ2n) is 19.3. The minimum absolute atomic E-state index is 0.267. The van der Waals surface area contributed by atoms with Crippen molar-refractivity contribution in [3.8, 4) is 0 Å². The van der Waals surface area contributed by atoms with Crippen LogP contribution >= 0.6 is 0 Å². The molecule has 8 unspecified atom stereocenters. The highest BCUT2D eigenvalue weighted by atomic mass is 32.3. The molecule has 1 rings (SSSR count). The van der Waals surface area contributed by atoms with Crippen molar-refractivity contribution in [2.45, 2.75) is 307 Å². The minimum atomic E-state index is -5.11. The SMILES string of the molecule is CCCCCCCCCCCCCCCCCCCCC(O)C(=O)NC(COC1OC(CO)C(O)C(OS(=O)(=O)O)C1O)C(O)CCCCCCCCCCCCCCCCCCCC. The number of nitrogens with one attached hydrogen (secondary N) is 1. The van der Waals surface area contributed by atoms with Crippen LogP contribution in [0.1, 0.15) is 258 Å². The maximum Gasteiger partial charge on any atom is 0.397 e. The lowest BCUT2D eigenvalue weighted by atomic mass is 9.99. The van der Waals surface area contributed by atoms with Crippen molar-refractivity contribution in [1.82, 2.24) is 5.32 Å². The van der Waals surface area contributed by atoms with Crippen molar-refractivity contribution in [2.75, 3.05) is 13.2 Å². The molecule has 1 fully saturated rings. The number of amides is 1. The van der Waals surface area contributed by atoms with Gasteiger partial charge >= 0.3 is 10.4 Å². The maximum atomic E-state index is 13.2. The van der Waals surface area contributed by atoms with Crippen LogP contribution in [0.15, 0.2) is 0 Å². The van der Waals surface area contributed by atoms with Crippen LogP contribution in [-0.4, -0.2) is 107 Å². The van der Waals surface area contributed by atoms with Crippen molar-refractivity contribution in [1.29, 1.82) is 0 Å². The van der Waals surface area contributed by atoms with Crippen LogP contribution in [0.5, 0.6) is 0 Å². The van der Waals surface area contributed by atoms with Gasteiger partial charge in [0.1, 0.15) is 30.5 Å². The summed E-state index contributed by atoms with van der Waals surface area (Å²) >= 11 is 0. The van der Waals surface area contributed by atoms with E-state index in [-0.39, 0.29) is 6.42 Å². The Bertz CT molecular complexity index is 1180. The number of carbonyl (C=O) groups excluding carboxylic acids is 1. The second-order valence-corrected chi connectivity index (χ2v) is 20.4. The third kappa shape index (κ3) is 34.1. The van der Waals surface area contributed by atoms with Crippen LogP contribution in [-0.2, 0) is 28.9 Å². The molecule has 0 aromatic rings. The van der Waals surface area contributed by atoms with E-state index in [1.165, 1.54) is 180 Å². The van der Waals surface area contributed by atoms with Crippen molar-refractivity contribution in [3.05, 3.63) is 0 Å². The van der Waals surface area contributed by atoms with Crippen LogP contribution < -0.4 is 5.32 Å². The van der Waals surface area contributed by atoms with E-state index in [1.807, 2.05) is 0 Å². The van der Waals surface area contributed by atoms with Crippen molar-refractivity contribution in [2.24, 2.45) is 0 Å². The molecule has 0 aliphatic carbocycles. The zero-order valence-corrected chi connectivity index (χ0v) is 42.3. The van der Waals surface area contributed by atoms with Crippen LogP contribution in [0.4, 0.5) is 0 Å². The summed E-state index contributed by atoms with van der Waals surface area (Å²) in [5, 5.41) is 55.6. The zero-order valence-electron chi connectivity index (χ0n) is 41.4. The number of hydrogen-bond acceptors (Lipinski definition) is 11. The predicted octanol–water partition coefficient (Wildman–Crippen LogP) is 10.7. The number of carbonyl (C=O) groups is 1. The predicted molar refractivity (Wildman–Crippen MR) is 261 cm³/mol. The summed E-state index contributed by atoms with van der Waals surface area (Å²) in [7, 11) is -5.11. The topological polar surface area (TPSA) is 212 Å². The highest BCUT2D eigenvalue weighted by Gasteiger charge is 2.48. The average Bonchev–Trinajstić information content (AvgIpc) is 3.28. The summed E-state index contributed by atoms with van der Waals surface area (Å²) in [4.78, 5) is 13.2. The Morgan fingerprint density at radius 1 is 0.554 bits per heavy atom. The van der Waals surface area contributed by atoms with Crippen molar-refractivity contribution < 1.29 is 57.0 Å². The van der Waals surface area contributed by atoms with E-state index in [4.69, 9.17) is 9.47 Å². The van der Waals surface area contributed by atoms with Gasteiger partial charge in [-0.05, 0) is 12.8 Å². The highest BCUT2D eigenvalue weighted by Crippen LogP contribution is 2.26. The standard InChI is InChI=1S/C51H101NO12S/c1-3-5-7-9-11-13-15-17-19-21-23-25-27-29-31-33-35-37-39-44(54)43(42-62-51-48(57)49(64-65(59,60)61)47(56)46(41-53)63-51)52-50(58)45(55)40-38-36-34-32-30-28-26-24-22-20-18-16-14-12-10-8-6-4-2/h43-49,51,53-57H,3-42H2,1-2H3,(H,52,58)(H,59,60,61). The van der Waals surface area contributed by atoms with Gasteiger partial charge in [-0.25, -0.2) is 4.18 Å². The molecule has 13 nitrogen and oxygen atoms in total. The quantitative estimate of drug-likeness (QED) is 0.0224. The van der Waals surface area contributed by atoms with Gasteiger partial charge in [0.15, 0.2) is 6.29 Å². The highest BCUT2D eigenvalue weighted by molar-refractivity contribution is 7.80. The molecular formula is C51H101NO12S. The van der Waals surface area contributed by atoms with Gasteiger partial charge in [-0.2, -0.15) is 8.42 Å². The molecule has 0 spiro atoms. The molecule has 65 heavy (non-hydrogen) atoms. The Morgan fingerprint density at radius 2 is 0.892 bits per heavy atom. The largest absolute Gasteiger partial charge is 0.397 e. The fourth-order valence-electron chi connectivity index (χ4n) is 9.00. The van der Waals surface area contributed by atoms with Crippen LogP contribution in [0.2, 0.25) is 0 Å². The van der Waals surface area contributed by atoms with Crippen LogP contribution in [0.3, 0.4) is 0 Å². The van der Waals surface area contributed by atoms with E-state index < -0.39 is 78.5 Å². The number of aliphatic hydroxyl groups is 5. The number of unbranched alkanes of at least 4 members (excludes halogenated alkanes) is 34. The van der Waals surface area contributed by atoms with Gasteiger partial charge in [0.2, 0.25) is 5.91 Å². The first-order chi connectivity index (χ1) is 31.4. The Morgan fingerprint density at radius 3 is 1.23 bits per heavy atom. The lowest BCUT2D eigenvalue weighted by Crippen LogP contribution is -2.61. The van der Waals surface area contributed by atoms with Crippen molar-refractivity contribution in [3.63, 3.8) is 0 Å². The van der Waals surface area contributed by atoms with Crippen LogP contribution in [0, 0.1) is 0 Å². The third-order valence-corrected chi connectivity index (χ3v) is 13.7. The number of ether oxygens (including phenoxy) is 2. The van der Waals surface area contributed by atoms with Crippen LogP contribution in [0.25, 0.3) is 0 Å². The zero-order chi connectivity index (χ0) is 47.8. The summed E-state index contributed by atoms with van der Waals surface area (Å²) in [6.07, 6.45) is 34.2. The van der Waals surface area contributed by atoms with Gasteiger partial charge in [-0.15, -0.1) is 0 Å². The molecule has 0 saturated carbocycles. The molecule has 14 heteroatoms. The first kappa shape index (κ1) is 62.1. The molecule has 1 aliphatic rings.